The topological polar surface area (TPSA) is 0 Å². The van der Waals surface area contributed by atoms with E-state index in [1.54, 1.807) is 0 Å². The van der Waals surface area contributed by atoms with E-state index in [4.69, 9.17) is 0 Å². The van der Waals surface area contributed by atoms with Crippen LogP contribution >= 0.6 is 0 Å². The predicted octanol–water partition coefficient (Wildman–Crippen LogP) is 6.42. The highest BCUT2D eigenvalue weighted by Gasteiger charge is 2.31. The monoisotopic (exact) mass is 272 g/mol. The number of hydrogen-bond donors (Lipinski definition) is 0. The summed E-state index contributed by atoms with van der Waals surface area (Å²) in [6, 6.07) is 6.81. The van der Waals surface area contributed by atoms with Gasteiger partial charge in [0.05, 0.1) is 0 Å². The van der Waals surface area contributed by atoms with Crippen molar-refractivity contribution in [1.82, 2.24) is 0 Å². The highest BCUT2D eigenvalue weighted by atomic mass is 14.4. The minimum absolute atomic E-state index is 0.171. The second-order valence-electron chi connectivity index (χ2n) is 6.61. The maximum Gasteiger partial charge on any atom is -0.00753 e. The summed E-state index contributed by atoms with van der Waals surface area (Å²) in [4.78, 5) is 0. The van der Waals surface area contributed by atoms with Gasteiger partial charge in [-0.05, 0) is 47.8 Å². The normalized spacial score (nSPS) is 13.3. The van der Waals surface area contributed by atoms with Crippen LogP contribution in [0.15, 0.2) is 24.8 Å². The van der Waals surface area contributed by atoms with Gasteiger partial charge in [0.25, 0.3) is 0 Å². The molecular formula is C20H32. The van der Waals surface area contributed by atoms with E-state index in [0.29, 0.717) is 5.92 Å². The number of allylic oxidation sites excluding steroid dienone is 1. The third-order valence-corrected chi connectivity index (χ3v) is 4.90. The van der Waals surface area contributed by atoms with Crippen LogP contribution in [0.3, 0.4) is 0 Å². The van der Waals surface area contributed by atoms with E-state index < -0.39 is 0 Å². The van der Waals surface area contributed by atoms with Crippen LogP contribution < -0.4 is 0 Å². The largest absolute Gasteiger partial charge is 0.0947 e. The number of aryl methyl sites for hydroxylation is 2. The molecule has 1 rings (SSSR count). The van der Waals surface area contributed by atoms with Crippen molar-refractivity contribution in [2.75, 3.05) is 0 Å². The number of rotatable bonds is 7. The summed E-state index contributed by atoms with van der Waals surface area (Å²) in [6.45, 7) is 18.2. The lowest BCUT2D eigenvalue weighted by Crippen LogP contribution is -2.25. The fourth-order valence-electron chi connectivity index (χ4n) is 3.33. The van der Waals surface area contributed by atoms with Crippen molar-refractivity contribution in [3.8, 4) is 0 Å². The van der Waals surface area contributed by atoms with Crippen molar-refractivity contribution in [3.05, 3.63) is 41.5 Å². The predicted molar refractivity (Wildman–Crippen MR) is 92.1 cm³/mol. The van der Waals surface area contributed by atoms with Crippen LogP contribution in [0.25, 0.3) is 5.57 Å². The van der Waals surface area contributed by atoms with Gasteiger partial charge in [-0.25, -0.2) is 0 Å². The molecule has 0 amide bonds. The van der Waals surface area contributed by atoms with Crippen molar-refractivity contribution < 1.29 is 0 Å². The average molecular weight is 272 g/mol. The minimum Gasteiger partial charge on any atom is -0.0947 e. The van der Waals surface area contributed by atoms with E-state index in [9.17, 15) is 0 Å². The Kier molecular flexibility index (Phi) is 6.05. The molecule has 0 bridgehead atoms. The zero-order valence-electron chi connectivity index (χ0n) is 14.3. The van der Waals surface area contributed by atoms with E-state index in [-0.39, 0.29) is 5.41 Å². The van der Waals surface area contributed by atoms with Crippen LogP contribution in [0.2, 0.25) is 0 Å². The van der Waals surface area contributed by atoms with Gasteiger partial charge < -0.3 is 0 Å². The van der Waals surface area contributed by atoms with Crippen LogP contribution in [0.1, 0.15) is 70.6 Å². The van der Waals surface area contributed by atoms with Crippen molar-refractivity contribution in [3.63, 3.8) is 0 Å². The second-order valence-corrected chi connectivity index (χ2v) is 6.61. The molecule has 0 saturated heterocycles. The summed E-state index contributed by atoms with van der Waals surface area (Å²) in [5.41, 5.74) is 5.64. The Morgan fingerprint density at radius 1 is 1.20 bits per heavy atom. The molecule has 0 N–H and O–H groups in total. The van der Waals surface area contributed by atoms with Gasteiger partial charge in [-0.15, -0.1) is 0 Å². The Balaban J connectivity index is 3.15. The molecule has 20 heavy (non-hydrogen) atoms. The summed E-state index contributed by atoms with van der Waals surface area (Å²) in [6.07, 6.45) is 4.85. The molecule has 0 aliphatic rings. The van der Waals surface area contributed by atoms with E-state index in [0.717, 1.165) is 6.42 Å². The molecule has 0 saturated carbocycles. The lowest BCUT2D eigenvalue weighted by Gasteiger charge is -2.37. The van der Waals surface area contributed by atoms with Crippen LogP contribution in [0.4, 0.5) is 0 Å². The Hall–Kier alpha value is -1.04. The van der Waals surface area contributed by atoms with E-state index in [1.165, 1.54) is 41.5 Å². The highest BCUT2D eigenvalue weighted by Crippen LogP contribution is 2.44. The molecule has 0 aliphatic carbocycles. The van der Waals surface area contributed by atoms with Gasteiger partial charge in [0.1, 0.15) is 0 Å². The van der Waals surface area contributed by atoms with Crippen molar-refractivity contribution >= 4 is 5.57 Å². The molecule has 1 aromatic rings. The standard InChI is InChI=1S/C20H32/c1-8-11-18(10-3)20(6,7)16(5)19-13-12-15(4)14-17(19)9-2/h12-14,18H,5,8-11H2,1-4,6-7H3. The molecule has 0 radical (unpaired) electrons. The molecule has 0 heteroatoms. The van der Waals surface area contributed by atoms with E-state index in [1.807, 2.05) is 0 Å². The molecular weight excluding hydrogens is 240 g/mol. The molecule has 0 aliphatic heterocycles. The maximum absolute atomic E-state index is 4.49. The summed E-state index contributed by atoms with van der Waals surface area (Å²) in [5, 5.41) is 0. The SMILES string of the molecule is C=C(c1ccc(C)cc1CC)C(C)(C)C(CC)CCC. The molecule has 0 nitrogen and oxygen atoms in total. The zero-order valence-corrected chi connectivity index (χ0v) is 14.3. The van der Waals surface area contributed by atoms with Gasteiger partial charge in [0.2, 0.25) is 0 Å². The molecule has 1 aromatic carbocycles. The number of benzene rings is 1. The van der Waals surface area contributed by atoms with Gasteiger partial charge in [0, 0.05) is 0 Å². The second kappa shape index (κ2) is 7.11. The molecule has 0 spiro atoms. The Labute approximate surface area is 126 Å². The first-order chi connectivity index (χ1) is 9.38. The van der Waals surface area contributed by atoms with Crippen molar-refractivity contribution in [2.45, 2.75) is 67.2 Å². The maximum atomic E-state index is 4.49. The quantitative estimate of drug-likeness (QED) is 0.537. The fraction of sp³-hybridized carbons (Fsp3) is 0.600. The molecule has 0 fully saturated rings. The first kappa shape index (κ1) is 17.0. The first-order valence-corrected chi connectivity index (χ1v) is 8.17. The molecule has 0 aromatic heterocycles. The Morgan fingerprint density at radius 3 is 2.35 bits per heavy atom. The van der Waals surface area contributed by atoms with Gasteiger partial charge in [-0.1, -0.05) is 77.8 Å². The Morgan fingerprint density at radius 2 is 1.85 bits per heavy atom. The lowest BCUT2D eigenvalue weighted by atomic mass is 9.68. The van der Waals surface area contributed by atoms with Crippen LogP contribution in [-0.2, 0) is 6.42 Å². The molecule has 1 unspecified atom stereocenters. The lowest BCUT2D eigenvalue weighted by molar-refractivity contribution is 0.268. The van der Waals surface area contributed by atoms with Gasteiger partial charge in [0.15, 0.2) is 0 Å². The van der Waals surface area contributed by atoms with Crippen LogP contribution in [0, 0.1) is 18.3 Å². The van der Waals surface area contributed by atoms with Crippen LogP contribution in [0.5, 0.6) is 0 Å². The summed E-state index contributed by atoms with van der Waals surface area (Å²) in [5.74, 6) is 0.714. The van der Waals surface area contributed by atoms with E-state index in [2.05, 4.69) is 66.3 Å². The Bertz CT molecular complexity index is 451. The van der Waals surface area contributed by atoms with Gasteiger partial charge in [-0.2, -0.15) is 0 Å². The van der Waals surface area contributed by atoms with Crippen molar-refractivity contribution in [1.29, 1.82) is 0 Å². The summed E-state index contributed by atoms with van der Waals surface area (Å²) >= 11 is 0. The minimum atomic E-state index is 0.171. The van der Waals surface area contributed by atoms with Gasteiger partial charge >= 0.3 is 0 Å². The first-order valence-electron chi connectivity index (χ1n) is 8.17. The molecule has 112 valence electrons. The zero-order chi connectivity index (χ0) is 15.3. The van der Waals surface area contributed by atoms with E-state index >= 15 is 0 Å². The van der Waals surface area contributed by atoms with Gasteiger partial charge in [-0.3, -0.25) is 0 Å². The highest BCUT2D eigenvalue weighted by molar-refractivity contribution is 5.71. The van der Waals surface area contributed by atoms with Crippen molar-refractivity contribution in [2.24, 2.45) is 11.3 Å². The smallest absolute Gasteiger partial charge is 0.00753 e. The number of hydrogen-bond acceptors (Lipinski definition) is 0. The summed E-state index contributed by atoms with van der Waals surface area (Å²) in [7, 11) is 0. The molecule has 0 heterocycles. The third-order valence-electron chi connectivity index (χ3n) is 4.90. The molecule has 1 atom stereocenters. The average Bonchev–Trinajstić information content (AvgIpc) is 2.43. The summed E-state index contributed by atoms with van der Waals surface area (Å²) < 4.78 is 0. The van der Waals surface area contributed by atoms with Crippen LogP contribution in [-0.4, -0.2) is 0 Å². The fourth-order valence-corrected chi connectivity index (χ4v) is 3.33. The third kappa shape index (κ3) is 3.53.